The Bertz CT molecular complexity index is 894. The molecule has 2 aromatic carbocycles. The van der Waals surface area contributed by atoms with E-state index >= 15 is 0 Å². The third-order valence-corrected chi connectivity index (χ3v) is 4.19. The highest BCUT2D eigenvalue weighted by Crippen LogP contribution is 2.21. The van der Waals surface area contributed by atoms with Gasteiger partial charge in [-0.2, -0.15) is 10.4 Å². The summed E-state index contributed by atoms with van der Waals surface area (Å²) in [5.41, 5.74) is 4.03. The molecule has 3 aromatic rings. The van der Waals surface area contributed by atoms with Crippen molar-refractivity contribution < 1.29 is 9.84 Å². The van der Waals surface area contributed by atoms with Gasteiger partial charge in [-0.3, -0.25) is 0 Å². The predicted molar refractivity (Wildman–Crippen MR) is 99.2 cm³/mol. The van der Waals surface area contributed by atoms with Crippen molar-refractivity contribution in [3.63, 3.8) is 0 Å². The quantitative estimate of drug-likeness (QED) is 0.709. The van der Waals surface area contributed by atoms with Gasteiger partial charge in [0.2, 0.25) is 0 Å². The van der Waals surface area contributed by atoms with Gasteiger partial charge in [0.15, 0.2) is 0 Å². The second-order valence-electron chi connectivity index (χ2n) is 6.03. The van der Waals surface area contributed by atoms with Crippen LogP contribution in [0.1, 0.15) is 28.9 Å². The van der Waals surface area contributed by atoms with Crippen LogP contribution in [0.25, 0.3) is 5.69 Å². The number of nitriles is 1. The van der Waals surface area contributed by atoms with E-state index in [4.69, 9.17) is 9.84 Å². The van der Waals surface area contributed by atoms with Crippen molar-refractivity contribution >= 4 is 0 Å². The van der Waals surface area contributed by atoms with Crippen molar-refractivity contribution in [2.24, 2.45) is 0 Å². The van der Waals surface area contributed by atoms with Gasteiger partial charge in [-0.25, -0.2) is 4.68 Å². The van der Waals surface area contributed by atoms with E-state index in [0.29, 0.717) is 11.3 Å². The molecular formula is C21H21N3O2. The molecule has 132 valence electrons. The number of ether oxygens (including phenoxy) is 1. The molecule has 3 rings (SSSR count). The summed E-state index contributed by atoms with van der Waals surface area (Å²) < 4.78 is 7.68. The summed E-state index contributed by atoms with van der Waals surface area (Å²) in [6.45, 7) is 2.28. The van der Waals surface area contributed by atoms with Crippen molar-refractivity contribution in [3.8, 4) is 17.5 Å². The molecule has 0 spiro atoms. The zero-order valence-electron chi connectivity index (χ0n) is 14.7. The largest absolute Gasteiger partial charge is 0.487 e. The van der Waals surface area contributed by atoms with Crippen LogP contribution in [0.3, 0.4) is 0 Å². The zero-order valence-corrected chi connectivity index (χ0v) is 14.7. The molecule has 5 heteroatoms. The maximum Gasteiger partial charge on any atom is 0.132 e. The second kappa shape index (κ2) is 8.32. The van der Waals surface area contributed by atoms with Crippen molar-refractivity contribution in [1.82, 2.24) is 9.78 Å². The van der Waals surface area contributed by atoms with Crippen LogP contribution in [-0.2, 0) is 13.0 Å². The monoisotopic (exact) mass is 347 g/mol. The van der Waals surface area contributed by atoms with Crippen molar-refractivity contribution in [1.29, 1.82) is 5.26 Å². The minimum absolute atomic E-state index is 0.192. The lowest BCUT2D eigenvalue weighted by Gasteiger charge is -2.10. The number of aromatic nitrogens is 2. The maximum atomic E-state index is 9.50. The first-order valence-corrected chi connectivity index (χ1v) is 8.59. The van der Waals surface area contributed by atoms with Crippen LogP contribution in [0.4, 0.5) is 0 Å². The number of aliphatic hydroxyl groups excluding tert-OH is 1. The molecule has 1 heterocycles. The molecular weight excluding hydrogens is 326 g/mol. The molecule has 1 N–H and O–H groups in total. The number of nitrogens with zero attached hydrogens (tertiary/aromatic N) is 3. The number of rotatable bonds is 7. The van der Waals surface area contributed by atoms with Crippen LogP contribution in [0.15, 0.2) is 54.6 Å². The van der Waals surface area contributed by atoms with Crippen molar-refractivity contribution in [3.05, 3.63) is 77.1 Å². The van der Waals surface area contributed by atoms with Crippen LogP contribution >= 0.6 is 0 Å². The molecule has 0 amide bonds. The van der Waals surface area contributed by atoms with E-state index in [2.05, 4.69) is 11.2 Å². The summed E-state index contributed by atoms with van der Waals surface area (Å²) in [4.78, 5) is 0. The first kappa shape index (κ1) is 17.7. The molecule has 0 fully saturated rings. The fraction of sp³-hybridized carbons (Fsp3) is 0.238. The Morgan fingerprint density at radius 3 is 2.50 bits per heavy atom. The molecule has 0 bridgehead atoms. The summed E-state index contributed by atoms with van der Waals surface area (Å²) in [5.74, 6) is 0.736. The minimum atomic E-state index is 0.192. The fourth-order valence-electron chi connectivity index (χ4n) is 2.82. The van der Waals surface area contributed by atoms with E-state index in [9.17, 15) is 5.26 Å². The second-order valence-corrected chi connectivity index (χ2v) is 6.03. The van der Waals surface area contributed by atoms with Gasteiger partial charge in [-0.05, 0) is 49.6 Å². The topological polar surface area (TPSA) is 71.1 Å². The number of hydrogen-bond donors (Lipinski definition) is 1. The molecule has 0 aliphatic carbocycles. The Balaban J connectivity index is 1.80. The molecule has 0 saturated heterocycles. The number of hydrogen-bond acceptors (Lipinski definition) is 4. The average Bonchev–Trinajstić information content (AvgIpc) is 3.01. The predicted octanol–water partition coefficient (Wildman–Crippen LogP) is 3.56. The van der Waals surface area contributed by atoms with Gasteiger partial charge < -0.3 is 9.84 Å². The van der Waals surface area contributed by atoms with E-state index in [1.807, 2.05) is 61.5 Å². The molecule has 0 radical (unpaired) electrons. The van der Waals surface area contributed by atoms with Crippen LogP contribution in [-0.4, -0.2) is 21.5 Å². The summed E-state index contributed by atoms with van der Waals surface area (Å²) in [5, 5.41) is 22.9. The van der Waals surface area contributed by atoms with Crippen LogP contribution in [0.5, 0.6) is 5.75 Å². The average molecular weight is 347 g/mol. The van der Waals surface area contributed by atoms with Crippen molar-refractivity contribution in [2.45, 2.75) is 26.4 Å². The third-order valence-electron chi connectivity index (χ3n) is 4.19. The third kappa shape index (κ3) is 3.93. The van der Waals surface area contributed by atoms with E-state index in [0.717, 1.165) is 35.5 Å². The Morgan fingerprint density at radius 1 is 1.12 bits per heavy atom. The van der Waals surface area contributed by atoms with Gasteiger partial charge in [0.05, 0.1) is 17.1 Å². The van der Waals surface area contributed by atoms with Crippen molar-refractivity contribution in [2.75, 3.05) is 6.61 Å². The Labute approximate surface area is 153 Å². The van der Waals surface area contributed by atoms with Gasteiger partial charge in [0.1, 0.15) is 24.0 Å². The molecule has 0 saturated carbocycles. The molecule has 1 aromatic heterocycles. The Morgan fingerprint density at radius 2 is 1.85 bits per heavy atom. The van der Waals surface area contributed by atoms with Gasteiger partial charge in [-0.15, -0.1) is 0 Å². The van der Waals surface area contributed by atoms with Crippen LogP contribution in [0.2, 0.25) is 0 Å². The lowest BCUT2D eigenvalue weighted by Crippen LogP contribution is -2.07. The van der Waals surface area contributed by atoms with E-state index < -0.39 is 0 Å². The standard InChI is InChI=1S/C21H21N3O2/c1-16-20(14-22)21(24(23-16)18-7-3-2-4-8-18)15-26-19-11-9-17(10-12-19)6-5-13-25/h2-4,7-12,25H,5-6,13,15H2,1H3. The molecule has 0 aliphatic heterocycles. The van der Waals surface area contributed by atoms with Gasteiger partial charge in [0, 0.05) is 6.61 Å². The first-order valence-electron chi connectivity index (χ1n) is 8.59. The number of aliphatic hydroxyl groups is 1. The highest BCUT2D eigenvalue weighted by atomic mass is 16.5. The lowest BCUT2D eigenvalue weighted by molar-refractivity contribution is 0.288. The number of aryl methyl sites for hydroxylation is 2. The molecule has 26 heavy (non-hydrogen) atoms. The Kier molecular flexibility index (Phi) is 5.67. The van der Waals surface area contributed by atoms with Crippen LogP contribution < -0.4 is 4.74 Å². The fourth-order valence-corrected chi connectivity index (χ4v) is 2.82. The first-order chi connectivity index (χ1) is 12.7. The van der Waals surface area contributed by atoms with E-state index in [-0.39, 0.29) is 13.2 Å². The number of benzene rings is 2. The van der Waals surface area contributed by atoms with Gasteiger partial charge in [0.25, 0.3) is 0 Å². The van der Waals surface area contributed by atoms with Gasteiger partial charge in [-0.1, -0.05) is 30.3 Å². The number of para-hydroxylation sites is 1. The molecule has 0 atom stereocenters. The summed E-state index contributed by atoms with van der Waals surface area (Å²) in [6.07, 6.45) is 1.59. The smallest absolute Gasteiger partial charge is 0.132 e. The zero-order chi connectivity index (χ0) is 18.4. The molecule has 0 unspecified atom stereocenters. The lowest BCUT2D eigenvalue weighted by atomic mass is 10.1. The summed E-state index contributed by atoms with van der Waals surface area (Å²) in [7, 11) is 0. The highest BCUT2D eigenvalue weighted by molar-refractivity contribution is 5.43. The van der Waals surface area contributed by atoms with E-state index in [1.165, 1.54) is 0 Å². The highest BCUT2D eigenvalue weighted by Gasteiger charge is 2.16. The van der Waals surface area contributed by atoms with E-state index in [1.54, 1.807) is 4.68 Å². The van der Waals surface area contributed by atoms with Gasteiger partial charge >= 0.3 is 0 Å². The van der Waals surface area contributed by atoms with Crippen LogP contribution in [0, 0.1) is 18.3 Å². The molecule has 0 aliphatic rings. The normalized spacial score (nSPS) is 10.5. The summed E-state index contributed by atoms with van der Waals surface area (Å²) >= 11 is 0. The SMILES string of the molecule is Cc1nn(-c2ccccc2)c(COc2ccc(CCCO)cc2)c1C#N. The Hall–Kier alpha value is -3.10. The summed E-state index contributed by atoms with van der Waals surface area (Å²) in [6, 6.07) is 19.8. The molecule has 5 nitrogen and oxygen atoms in total. The maximum absolute atomic E-state index is 9.50. The minimum Gasteiger partial charge on any atom is -0.487 e.